The van der Waals surface area contributed by atoms with E-state index in [1.807, 2.05) is 12.1 Å². The van der Waals surface area contributed by atoms with Crippen molar-refractivity contribution in [3.05, 3.63) is 63.9 Å². The molecule has 25 heavy (non-hydrogen) atoms. The maximum absolute atomic E-state index is 13.2. The number of carbonyl (C=O) groups excluding carboxylic acids is 1. The Hall–Kier alpha value is -1.62. The van der Waals surface area contributed by atoms with Crippen LogP contribution < -0.4 is 5.32 Å². The highest BCUT2D eigenvalue weighted by Crippen LogP contribution is 2.25. The molecule has 1 amide bonds. The number of likely N-dealkylation sites (tertiary alicyclic amines) is 1. The number of amides is 1. The number of carbonyl (C=O) groups is 1. The number of nitrogens with zero attached hydrogens (tertiary/aromatic N) is 1. The molecular formula is C19H19Cl2FN2O. The first-order valence-corrected chi connectivity index (χ1v) is 8.99. The molecule has 1 heterocycles. The number of benzene rings is 2. The molecule has 1 saturated heterocycles. The van der Waals surface area contributed by atoms with Crippen LogP contribution in [0.25, 0.3) is 0 Å². The zero-order valence-corrected chi connectivity index (χ0v) is 15.2. The van der Waals surface area contributed by atoms with Gasteiger partial charge in [-0.05, 0) is 61.8 Å². The van der Waals surface area contributed by atoms with Gasteiger partial charge in [0, 0.05) is 18.2 Å². The molecular weight excluding hydrogens is 362 g/mol. The third-order valence-electron chi connectivity index (χ3n) is 4.44. The van der Waals surface area contributed by atoms with Crippen LogP contribution in [-0.4, -0.2) is 23.9 Å². The van der Waals surface area contributed by atoms with Crippen molar-refractivity contribution in [3.63, 3.8) is 0 Å². The Morgan fingerprint density at radius 3 is 2.56 bits per heavy atom. The van der Waals surface area contributed by atoms with E-state index in [0.29, 0.717) is 15.7 Å². The molecule has 3 rings (SSSR count). The van der Waals surface area contributed by atoms with E-state index < -0.39 is 0 Å². The van der Waals surface area contributed by atoms with Crippen molar-refractivity contribution in [2.45, 2.75) is 19.4 Å². The van der Waals surface area contributed by atoms with Crippen LogP contribution in [0.4, 0.5) is 10.1 Å². The van der Waals surface area contributed by atoms with E-state index in [2.05, 4.69) is 10.2 Å². The summed E-state index contributed by atoms with van der Waals surface area (Å²) in [5.74, 6) is -0.442. The lowest BCUT2D eigenvalue weighted by Crippen LogP contribution is -2.37. The van der Waals surface area contributed by atoms with Gasteiger partial charge in [-0.3, -0.25) is 9.69 Å². The summed E-state index contributed by atoms with van der Waals surface area (Å²) in [5, 5.41) is 3.91. The number of halogens is 3. The summed E-state index contributed by atoms with van der Waals surface area (Å²) in [5.41, 5.74) is 1.61. The standard InChI is InChI=1S/C19H19Cl2FN2O/c20-17-5-4-13(10-18(17)21)12-24-8-6-14(7-9-24)19(25)23-16-3-1-2-15(22)11-16/h1-5,10-11,14H,6-9,12H2,(H,23,25). The van der Waals surface area contributed by atoms with Crippen molar-refractivity contribution >= 4 is 34.8 Å². The predicted octanol–water partition coefficient (Wildman–Crippen LogP) is 4.98. The van der Waals surface area contributed by atoms with E-state index >= 15 is 0 Å². The van der Waals surface area contributed by atoms with Gasteiger partial charge in [-0.25, -0.2) is 4.39 Å². The lowest BCUT2D eigenvalue weighted by Gasteiger charge is -2.31. The van der Waals surface area contributed by atoms with Crippen molar-refractivity contribution in [2.24, 2.45) is 5.92 Å². The normalized spacial score (nSPS) is 16.0. The first kappa shape index (κ1) is 18.2. The maximum atomic E-state index is 13.2. The second-order valence-corrected chi connectivity index (χ2v) is 7.11. The third-order valence-corrected chi connectivity index (χ3v) is 5.18. The molecule has 0 aliphatic carbocycles. The molecule has 6 heteroatoms. The molecule has 0 bridgehead atoms. The van der Waals surface area contributed by atoms with Crippen LogP contribution in [0, 0.1) is 11.7 Å². The first-order chi connectivity index (χ1) is 12.0. The maximum Gasteiger partial charge on any atom is 0.227 e. The lowest BCUT2D eigenvalue weighted by molar-refractivity contribution is -0.121. The Balaban J connectivity index is 1.51. The van der Waals surface area contributed by atoms with Gasteiger partial charge in [-0.2, -0.15) is 0 Å². The van der Waals surface area contributed by atoms with Crippen LogP contribution in [0.3, 0.4) is 0 Å². The summed E-state index contributed by atoms with van der Waals surface area (Å²) in [6, 6.07) is 11.6. The highest BCUT2D eigenvalue weighted by molar-refractivity contribution is 6.42. The largest absolute Gasteiger partial charge is 0.326 e. The summed E-state index contributed by atoms with van der Waals surface area (Å²) in [4.78, 5) is 14.6. The number of piperidine rings is 1. The highest BCUT2D eigenvalue weighted by Gasteiger charge is 2.25. The molecule has 1 N–H and O–H groups in total. The number of hydrogen-bond donors (Lipinski definition) is 1. The van der Waals surface area contributed by atoms with E-state index in [9.17, 15) is 9.18 Å². The van der Waals surface area contributed by atoms with Crippen molar-refractivity contribution in [2.75, 3.05) is 18.4 Å². The molecule has 0 spiro atoms. The molecule has 0 aromatic heterocycles. The van der Waals surface area contributed by atoms with Crippen LogP contribution in [-0.2, 0) is 11.3 Å². The van der Waals surface area contributed by atoms with Gasteiger partial charge in [0.05, 0.1) is 10.0 Å². The van der Waals surface area contributed by atoms with Gasteiger partial charge >= 0.3 is 0 Å². The molecule has 1 fully saturated rings. The van der Waals surface area contributed by atoms with E-state index in [1.165, 1.54) is 12.1 Å². The predicted molar refractivity (Wildman–Crippen MR) is 99.5 cm³/mol. The summed E-state index contributed by atoms with van der Waals surface area (Å²) < 4.78 is 13.2. The third kappa shape index (κ3) is 4.94. The Labute approximate surface area is 156 Å². The van der Waals surface area contributed by atoms with Crippen molar-refractivity contribution in [3.8, 4) is 0 Å². The van der Waals surface area contributed by atoms with Crippen molar-refractivity contribution in [1.82, 2.24) is 4.90 Å². The smallest absolute Gasteiger partial charge is 0.227 e. The fourth-order valence-corrected chi connectivity index (χ4v) is 3.38. The molecule has 0 radical (unpaired) electrons. The number of anilines is 1. The molecule has 0 saturated carbocycles. The van der Waals surface area contributed by atoms with Crippen LogP contribution in [0.15, 0.2) is 42.5 Å². The van der Waals surface area contributed by atoms with Crippen molar-refractivity contribution < 1.29 is 9.18 Å². The minimum Gasteiger partial charge on any atom is -0.326 e. The van der Waals surface area contributed by atoms with E-state index in [0.717, 1.165) is 38.0 Å². The zero-order valence-electron chi connectivity index (χ0n) is 13.6. The van der Waals surface area contributed by atoms with Gasteiger partial charge in [0.2, 0.25) is 5.91 Å². The van der Waals surface area contributed by atoms with Gasteiger partial charge in [-0.1, -0.05) is 35.3 Å². The fraction of sp³-hybridized carbons (Fsp3) is 0.316. The molecule has 0 unspecified atom stereocenters. The molecule has 2 aromatic carbocycles. The molecule has 3 nitrogen and oxygen atoms in total. The van der Waals surface area contributed by atoms with E-state index in [1.54, 1.807) is 18.2 Å². The minimum atomic E-state index is -0.353. The van der Waals surface area contributed by atoms with Gasteiger partial charge in [0.15, 0.2) is 0 Å². The zero-order chi connectivity index (χ0) is 17.8. The van der Waals surface area contributed by atoms with E-state index in [-0.39, 0.29) is 17.6 Å². The quantitative estimate of drug-likeness (QED) is 0.810. The number of nitrogens with one attached hydrogen (secondary N) is 1. The summed E-state index contributed by atoms with van der Waals surface area (Å²) >= 11 is 12.0. The minimum absolute atomic E-state index is 0.0419. The van der Waals surface area contributed by atoms with Crippen LogP contribution >= 0.6 is 23.2 Å². The van der Waals surface area contributed by atoms with Crippen molar-refractivity contribution in [1.29, 1.82) is 0 Å². The molecule has 2 aromatic rings. The second-order valence-electron chi connectivity index (χ2n) is 6.30. The Kier molecular flexibility index (Phi) is 5.94. The number of rotatable bonds is 4. The van der Waals surface area contributed by atoms with Gasteiger partial charge in [0.25, 0.3) is 0 Å². The topological polar surface area (TPSA) is 32.3 Å². The van der Waals surface area contributed by atoms with Gasteiger partial charge in [-0.15, -0.1) is 0 Å². The average molecular weight is 381 g/mol. The highest BCUT2D eigenvalue weighted by atomic mass is 35.5. The molecule has 1 aliphatic rings. The Bertz CT molecular complexity index is 761. The average Bonchev–Trinajstić information content (AvgIpc) is 2.59. The monoisotopic (exact) mass is 380 g/mol. The SMILES string of the molecule is O=C(Nc1cccc(F)c1)C1CCN(Cc2ccc(Cl)c(Cl)c2)CC1. The summed E-state index contributed by atoms with van der Waals surface area (Å²) in [6.07, 6.45) is 1.56. The molecule has 1 aliphatic heterocycles. The lowest BCUT2D eigenvalue weighted by atomic mass is 9.95. The molecule has 0 atom stereocenters. The summed E-state index contributed by atoms with van der Waals surface area (Å²) in [6.45, 7) is 2.46. The first-order valence-electron chi connectivity index (χ1n) is 8.24. The molecule has 132 valence electrons. The number of hydrogen-bond acceptors (Lipinski definition) is 2. The Morgan fingerprint density at radius 2 is 1.88 bits per heavy atom. The van der Waals surface area contributed by atoms with Gasteiger partial charge < -0.3 is 5.32 Å². The van der Waals surface area contributed by atoms with Crippen LogP contribution in [0.5, 0.6) is 0 Å². The Morgan fingerprint density at radius 1 is 1.12 bits per heavy atom. The fourth-order valence-electron chi connectivity index (χ4n) is 3.06. The summed E-state index contributed by atoms with van der Waals surface area (Å²) in [7, 11) is 0. The second kappa shape index (κ2) is 8.17. The van der Waals surface area contributed by atoms with E-state index in [4.69, 9.17) is 23.2 Å². The van der Waals surface area contributed by atoms with Crippen LogP contribution in [0.1, 0.15) is 18.4 Å². The van der Waals surface area contributed by atoms with Gasteiger partial charge in [0.1, 0.15) is 5.82 Å². The van der Waals surface area contributed by atoms with Crippen LogP contribution in [0.2, 0.25) is 10.0 Å².